The van der Waals surface area contributed by atoms with Crippen molar-refractivity contribution in [3.63, 3.8) is 0 Å². The first-order valence-corrected chi connectivity index (χ1v) is 8.98. The molecule has 0 atom stereocenters. The molecular weight excluding hydrogens is 337 g/mol. The van der Waals surface area contributed by atoms with Crippen LogP contribution in [0.2, 0.25) is 0 Å². The normalized spacial score (nSPS) is 11.1. The van der Waals surface area contributed by atoms with Gasteiger partial charge in [-0.25, -0.2) is 9.37 Å². The van der Waals surface area contributed by atoms with Crippen LogP contribution in [0.4, 0.5) is 4.39 Å². The maximum Gasteiger partial charge on any atom is 0.138 e. The van der Waals surface area contributed by atoms with Crippen molar-refractivity contribution >= 4 is 0 Å². The van der Waals surface area contributed by atoms with Gasteiger partial charge >= 0.3 is 0 Å². The molecule has 4 heteroatoms. The number of benzene rings is 2. The van der Waals surface area contributed by atoms with Gasteiger partial charge in [-0.1, -0.05) is 38.1 Å². The van der Waals surface area contributed by atoms with Gasteiger partial charge in [0.1, 0.15) is 11.6 Å². The van der Waals surface area contributed by atoms with Crippen LogP contribution in [0.1, 0.15) is 25.3 Å². The highest BCUT2D eigenvalue weighted by Crippen LogP contribution is 2.33. The van der Waals surface area contributed by atoms with E-state index in [2.05, 4.69) is 48.1 Å². The van der Waals surface area contributed by atoms with Gasteiger partial charge in [0, 0.05) is 29.1 Å². The van der Waals surface area contributed by atoms with Crippen LogP contribution in [0, 0.1) is 5.82 Å². The zero-order valence-electron chi connectivity index (χ0n) is 15.3. The highest BCUT2D eigenvalue weighted by Gasteiger charge is 2.15. The number of aromatic amines is 1. The first kappa shape index (κ1) is 17.2. The van der Waals surface area contributed by atoms with Crippen LogP contribution in [0.25, 0.3) is 33.9 Å². The van der Waals surface area contributed by atoms with E-state index in [1.54, 1.807) is 24.5 Å². The van der Waals surface area contributed by atoms with E-state index in [4.69, 9.17) is 4.98 Å². The lowest BCUT2D eigenvalue weighted by molar-refractivity contribution is 0.628. The number of halogens is 1. The van der Waals surface area contributed by atoms with Gasteiger partial charge in [-0.15, -0.1) is 0 Å². The minimum Gasteiger partial charge on any atom is -0.337 e. The number of imidazole rings is 1. The third kappa shape index (κ3) is 3.51. The fourth-order valence-electron chi connectivity index (χ4n) is 3.08. The molecule has 0 aliphatic rings. The van der Waals surface area contributed by atoms with Gasteiger partial charge in [0.2, 0.25) is 0 Å². The van der Waals surface area contributed by atoms with Crippen LogP contribution in [0.5, 0.6) is 0 Å². The van der Waals surface area contributed by atoms with Crippen molar-refractivity contribution in [1.82, 2.24) is 15.0 Å². The number of aromatic nitrogens is 3. The second-order valence-corrected chi connectivity index (χ2v) is 6.83. The summed E-state index contributed by atoms with van der Waals surface area (Å²) in [5.74, 6) is 1.01. The zero-order valence-corrected chi connectivity index (χ0v) is 15.3. The van der Waals surface area contributed by atoms with Crippen molar-refractivity contribution in [3.05, 3.63) is 84.4 Å². The molecule has 4 aromatic rings. The summed E-state index contributed by atoms with van der Waals surface area (Å²) in [5.41, 5.74) is 5.85. The Morgan fingerprint density at radius 1 is 0.778 bits per heavy atom. The van der Waals surface area contributed by atoms with Crippen LogP contribution in [-0.4, -0.2) is 15.0 Å². The maximum absolute atomic E-state index is 13.4. The average molecular weight is 357 g/mol. The molecule has 4 rings (SSSR count). The molecule has 0 fully saturated rings. The molecule has 2 heterocycles. The Bertz CT molecular complexity index is 1030. The lowest BCUT2D eigenvalue weighted by Gasteiger charge is -2.05. The van der Waals surface area contributed by atoms with Gasteiger partial charge in [-0.2, -0.15) is 0 Å². The van der Waals surface area contributed by atoms with Crippen LogP contribution < -0.4 is 0 Å². The molecule has 134 valence electrons. The van der Waals surface area contributed by atoms with Crippen LogP contribution in [0.3, 0.4) is 0 Å². The molecule has 2 aromatic carbocycles. The third-order valence-electron chi connectivity index (χ3n) is 4.64. The number of hydrogen-bond donors (Lipinski definition) is 1. The summed E-state index contributed by atoms with van der Waals surface area (Å²) in [5, 5.41) is 0. The molecule has 0 saturated carbocycles. The molecule has 0 spiro atoms. The summed E-state index contributed by atoms with van der Waals surface area (Å²) in [7, 11) is 0. The molecule has 1 N–H and O–H groups in total. The lowest BCUT2D eigenvalue weighted by Crippen LogP contribution is -1.87. The minimum atomic E-state index is -0.260. The smallest absolute Gasteiger partial charge is 0.138 e. The molecule has 27 heavy (non-hydrogen) atoms. The quantitative estimate of drug-likeness (QED) is 0.482. The monoisotopic (exact) mass is 357 g/mol. The summed E-state index contributed by atoms with van der Waals surface area (Å²) in [6.45, 7) is 4.35. The number of pyridine rings is 1. The molecule has 2 aromatic heterocycles. The molecule has 0 unspecified atom stereocenters. The highest BCUT2D eigenvalue weighted by atomic mass is 19.1. The molecule has 0 amide bonds. The standard InChI is InChI=1S/C23H20FN3/c1-15(2)16-3-5-19(6-4-16)23-26-21(17-7-9-20(24)10-8-17)22(27-23)18-11-13-25-14-12-18/h3-15H,1-2H3,(H,26,27). The predicted octanol–water partition coefficient (Wildman–Crippen LogP) is 6.07. The molecular formula is C23H20FN3. The molecule has 0 aliphatic carbocycles. The van der Waals surface area contributed by atoms with E-state index in [1.807, 2.05) is 12.1 Å². The van der Waals surface area contributed by atoms with Gasteiger partial charge in [-0.05, 0) is 47.9 Å². The fourth-order valence-corrected chi connectivity index (χ4v) is 3.08. The molecule has 0 aliphatic heterocycles. The highest BCUT2D eigenvalue weighted by molar-refractivity contribution is 5.81. The maximum atomic E-state index is 13.4. The van der Waals surface area contributed by atoms with Gasteiger partial charge in [0.15, 0.2) is 0 Å². The van der Waals surface area contributed by atoms with Gasteiger partial charge in [0.05, 0.1) is 11.4 Å². The summed E-state index contributed by atoms with van der Waals surface area (Å²) in [6, 6.07) is 18.7. The molecule has 0 radical (unpaired) electrons. The Labute approximate surface area is 158 Å². The van der Waals surface area contributed by atoms with Crippen LogP contribution in [-0.2, 0) is 0 Å². The van der Waals surface area contributed by atoms with Gasteiger partial charge in [-0.3, -0.25) is 4.98 Å². The van der Waals surface area contributed by atoms with Crippen molar-refractivity contribution in [3.8, 4) is 33.9 Å². The van der Waals surface area contributed by atoms with E-state index in [1.165, 1.54) is 17.7 Å². The summed E-state index contributed by atoms with van der Waals surface area (Å²) >= 11 is 0. The van der Waals surface area contributed by atoms with E-state index in [0.717, 1.165) is 33.9 Å². The Balaban J connectivity index is 1.83. The van der Waals surface area contributed by atoms with Gasteiger partial charge < -0.3 is 4.98 Å². The summed E-state index contributed by atoms with van der Waals surface area (Å²) in [6.07, 6.45) is 3.50. The number of nitrogens with zero attached hydrogens (tertiary/aromatic N) is 2. The Kier molecular flexibility index (Phi) is 4.55. The fraction of sp³-hybridized carbons (Fsp3) is 0.130. The van der Waals surface area contributed by atoms with Crippen molar-refractivity contribution in [2.45, 2.75) is 19.8 Å². The van der Waals surface area contributed by atoms with E-state index in [0.29, 0.717) is 5.92 Å². The Morgan fingerprint density at radius 2 is 1.41 bits per heavy atom. The van der Waals surface area contributed by atoms with E-state index >= 15 is 0 Å². The minimum absolute atomic E-state index is 0.260. The Morgan fingerprint density at radius 3 is 2.04 bits per heavy atom. The first-order chi connectivity index (χ1) is 13.1. The van der Waals surface area contributed by atoms with Crippen molar-refractivity contribution in [1.29, 1.82) is 0 Å². The first-order valence-electron chi connectivity index (χ1n) is 8.98. The zero-order chi connectivity index (χ0) is 18.8. The molecule has 0 saturated heterocycles. The van der Waals surface area contributed by atoms with Crippen molar-refractivity contribution < 1.29 is 4.39 Å². The summed E-state index contributed by atoms with van der Waals surface area (Å²) < 4.78 is 13.4. The second kappa shape index (κ2) is 7.16. The van der Waals surface area contributed by atoms with Crippen LogP contribution >= 0.6 is 0 Å². The van der Waals surface area contributed by atoms with Crippen molar-refractivity contribution in [2.24, 2.45) is 0 Å². The predicted molar refractivity (Wildman–Crippen MR) is 107 cm³/mol. The lowest BCUT2D eigenvalue weighted by atomic mass is 10.0. The van der Waals surface area contributed by atoms with Crippen LogP contribution in [0.15, 0.2) is 73.1 Å². The van der Waals surface area contributed by atoms with Crippen molar-refractivity contribution in [2.75, 3.05) is 0 Å². The summed E-state index contributed by atoms with van der Waals surface area (Å²) in [4.78, 5) is 12.4. The third-order valence-corrected chi connectivity index (χ3v) is 4.64. The second-order valence-electron chi connectivity index (χ2n) is 6.83. The molecule has 0 bridgehead atoms. The van der Waals surface area contributed by atoms with E-state index in [9.17, 15) is 4.39 Å². The Hall–Kier alpha value is -3.27. The van der Waals surface area contributed by atoms with Gasteiger partial charge in [0.25, 0.3) is 0 Å². The largest absolute Gasteiger partial charge is 0.337 e. The molecule has 3 nitrogen and oxygen atoms in total. The van der Waals surface area contributed by atoms with E-state index < -0.39 is 0 Å². The number of H-pyrrole nitrogens is 1. The topological polar surface area (TPSA) is 41.6 Å². The van der Waals surface area contributed by atoms with E-state index in [-0.39, 0.29) is 5.82 Å². The number of nitrogens with one attached hydrogen (secondary N) is 1. The number of hydrogen-bond acceptors (Lipinski definition) is 2. The SMILES string of the molecule is CC(C)c1ccc(-c2nc(-c3ccc(F)cc3)c(-c3ccncc3)[nH]2)cc1. The number of rotatable bonds is 4. The average Bonchev–Trinajstić information content (AvgIpc) is 3.15.